The third-order valence-corrected chi connectivity index (χ3v) is 4.85. The highest BCUT2D eigenvalue weighted by molar-refractivity contribution is 9.10. The third kappa shape index (κ3) is 2.61. The first-order valence-corrected chi connectivity index (χ1v) is 7.01. The van der Waals surface area contributed by atoms with Gasteiger partial charge in [0.15, 0.2) is 0 Å². The standard InChI is InChI=1S/C13H17BrClN/c1-2-13(6-3-7-13)16-9-10-4-5-12(15)11(14)8-10/h4-5,8,16H,2-3,6-7,9H2,1H3. The van der Waals surface area contributed by atoms with Crippen molar-refractivity contribution >= 4 is 27.5 Å². The van der Waals surface area contributed by atoms with Gasteiger partial charge in [0.05, 0.1) is 5.02 Å². The van der Waals surface area contributed by atoms with Crippen LogP contribution in [-0.2, 0) is 6.54 Å². The Labute approximate surface area is 111 Å². The molecule has 0 spiro atoms. The fourth-order valence-electron chi connectivity index (χ4n) is 2.20. The van der Waals surface area contributed by atoms with Crippen molar-refractivity contribution in [1.29, 1.82) is 0 Å². The molecular weight excluding hydrogens is 286 g/mol. The minimum Gasteiger partial charge on any atom is -0.307 e. The molecule has 0 radical (unpaired) electrons. The highest BCUT2D eigenvalue weighted by atomic mass is 79.9. The Morgan fingerprint density at radius 3 is 2.69 bits per heavy atom. The molecule has 88 valence electrons. The predicted octanol–water partition coefficient (Wildman–Crippen LogP) is 4.52. The van der Waals surface area contributed by atoms with E-state index in [1.165, 1.54) is 31.2 Å². The summed E-state index contributed by atoms with van der Waals surface area (Å²) in [6.07, 6.45) is 5.23. The second-order valence-corrected chi connectivity index (χ2v) is 5.85. The Bertz CT molecular complexity index is 369. The lowest BCUT2D eigenvalue weighted by Gasteiger charge is -2.42. The molecule has 2 rings (SSSR count). The minimum atomic E-state index is 0.409. The second-order valence-electron chi connectivity index (χ2n) is 4.59. The molecule has 0 bridgehead atoms. The smallest absolute Gasteiger partial charge is 0.0548 e. The maximum absolute atomic E-state index is 5.97. The van der Waals surface area contributed by atoms with Gasteiger partial charge in [-0.05, 0) is 59.3 Å². The highest BCUT2D eigenvalue weighted by Gasteiger charge is 2.34. The van der Waals surface area contributed by atoms with Crippen molar-refractivity contribution in [3.63, 3.8) is 0 Å². The molecule has 0 amide bonds. The molecule has 1 aromatic carbocycles. The summed E-state index contributed by atoms with van der Waals surface area (Å²) in [4.78, 5) is 0. The van der Waals surface area contributed by atoms with Gasteiger partial charge < -0.3 is 5.32 Å². The monoisotopic (exact) mass is 301 g/mol. The van der Waals surface area contributed by atoms with Crippen molar-refractivity contribution in [3.8, 4) is 0 Å². The van der Waals surface area contributed by atoms with Crippen molar-refractivity contribution in [2.24, 2.45) is 0 Å². The van der Waals surface area contributed by atoms with Gasteiger partial charge in [-0.2, -0.15) is 0 Å². The van der Waals surface area contributed by atoms with E-state index in [1.54, 1.807) is 0 Å². The van der Waals surface area contributed by atoms with E-state index in [2.05, 4.69) is 40.3 Å². The molecule has 0 aliphatic heterocycles. The summed E-state index contributed by atoms with van der Waals surface area (Å²) in [5.41, 5.74) is 1.70. The third-order valence-electron chi connectivity index (χ3n) is 3.64. The Kier molecular flexibility index (Phi) is 3.93. The molecule has 3 heteroatoms. The van der Waals surface area contributed by atoms with Crippen LogP contribution < -0.4 is 5.32 Å². The number of nitrogens with one attached hydrogen (secondary N) is 1. The van der Waals surface area contributed by atoms with Crippen molar-refractivity contribution in [2.75, 3.05) is 0 Å². The van der Waals surface area contributed by atoms with Gasteiger partial charge in [0.1, 0.15) is 0 Å². The molecule has 1 fully saturated rings. The molecule has 1 N–H and O–H groups in total. The number of rotatable bonds is 4. The van der Waals surface area contributed by atoms with E-state index in [-0.39, 0.29) is 0 Å². The Balaban J connectivity index is 1.96. The average Bonchev–Trinajstić information content (AvgIpc) is 2.22. The van der Waals surface area contributed by atoms with Crippen molar-refractivity contribution in [2.45, 2.75) is 44.7 Å². The molecule has 1 aliphatic carbocycles. The fraction of sp³-hybridized carbons (Fsp3) is 0.538. The lowest BCUT2D eigenvalue weighted by Crippen LogP contribution is -2.49. The summed E-state index contributed by atoms with van der Waals surface area (Å²) in [6.45, 7) is 3.20. The van der Waals surface area contributed by atoms with Gasteiger partial charge in [0.25, 0.3) is 0 Å². The molecule has 0 atom stereocenters. The van der Waals surface area contributed by atoms with Gasteiger partial charge in [-0.25, -0.2) is 0 Å². The van der Waals surface area contributed by atoms with Crippen LogP contribution in [0.3, 0.4) is 0 Å². The lowest BCUT2D eigenvalue weighted by atomic mass is 9.75. The molecule has 1 nitrogen and oxygen atoms in total. The number of benzene rings is 1. The van der Waals surface area contributed by atoms with Crippen LogP contribution in [0.5, 0.6) is 0 Å². The zero-order valence-corrected chi connectivity index (χ0v) is 11.9. The largest absolute Gasteiger partial charge is 0.307 e. The second kappa shape index (κ2) is 5.07. The van der Waals surface area contributed by atoms with Gasteiger partial charge in [0, 0.05) is 16.6 Å². The number of hydrogen-bond donors (Lipinski definition) is 1. The van der Waals surface area contributed by atoms with Crippen LogP contribution >= 0.6 is 27.5 Å². The van der Waals surface area contributed by atoms with Gasteiger partial charge in [-0.1, -0.05) is 24.6 Å². The van der Waals surface area contributed by atoms with Gasteiger partial charge in [0.2, 0.25) is 0 Å². The topological polar surface area (TPSA) is 12.0 Å². The van der Waals surface area contributed by atoms with Crippen LogP contribution in [-0.4, -0.2) is 5.54 Å². The lowest BCUT2D eigenvalue weighted by molar-refractivity contribution is 0.175. The SMILES string of the molecule is CCC1(NCc2ccc(Cl)c(Br)c2)CCC1. The number of hydrogen-bond acceptors (Lipinski definition) is 1. The van der Waals surface area contributed by atoms with E-state index in [9.17, 15) is 0 Å². The van der Waals surface area contributed by atoms with Crippen LogP contribution in [0.25, 0.3) is 0 Å². The normalized spacial score (nSPS) is 18.2. The summed E-state index contributed by atoms with van der Waals surface area (Å²) >= 11 is 9.42. The molecule has 1 aliphatic rings. The first-order valence-electron chi connectivity index (χ1n) is 5.84. The van der Waals surface area contributed by atoms with Crippen molar-refractivity contribution < 1.29 is 0 Å². The summed E-state index contributed by atoms with van der Waals surface area (Å²) in [6, 6.07) is 6.13. The molecule has 1 aromatic rings. The molecular formula is C13H17BrClN. The van der Waals surface area contributed by atoms with Crippen LogP contribution in [0.1, 0.15) is 38.2 Å². The Hall–Kier alpha value is -0.0500. The first-order chi connectivity index (χ1) is 7.65. The Morgan fingerprint density at radius 1 is 1.44 bits per heavy atom. The fourth-order valence-corrected chi connectivity index (χ4v) is 2.74. The van der Waals surface area contributed by atoms with Crippen LogP contribution in [0.4, 0.5) is 0 Å². The zero-order valence-electron chi connectivity index (χ0n) is 9.52. The molecule has 0 saturated heterocycles. The molecule has 0 aromatic heterocycles. The van der Waals surface area contributed by atoms with E-state index < -0.39 is 0 Å². The maximum Gasteiger partial charge on any atom is 0.0548 e. The zero-order chi connectivity index (χ0) is 11.6. The first kappa shape index (κ1) is 12.4. The van der Waals surface area contributed by atoms with Crippen LogP contribution in [0.15, 0.2) is 22.7 Å². The van der Waals surface area contributed by atoms with E-state index in [0.29, 0.717) is 5.54 Å². The molecule has 1 saturated carbocycles. The van der Waals surface area contributed by atoms with E-state index >= 15 is 0 Å². The average molecular weight is 303 g/mol. The van der Waals surface area contributed by atoms with Gasteiger partial charge in [-0.15, -0.1) is 0 Å². The van der Waals surface area contributed by atoms with Gasteiger partial charge >= 0.3 is 0 Å². The minimum absolute atomic E-state index is 0.409. The summed E-state index contributed by atoms with van der Waals surface area (Å²) in [5.74, 6) is 0. The quantitative estimate of drug-likeness (QED) is 0.862. The maximum atomic E-state index is 5.97. The summed E-state index contributed by atoms with van der Waals surface area (Å²) in [5, 5.41) is 4.46. The molecule has 0 unspecified atom stereocenters. The summed E-state index contributed by atoms with van der Waals surface area (Å²) in [7, 11) is 0. The van der Waals surface area contributed by atoms with Crippen molar-refractivity contribution in [3.05, 3.63) is 33.3 Å². The van der Waals surface area contributed by atoms with E-state index in [4.69, 9.17) is 11.6 Å². The Morgan fingerprint density at radius 2 is 2.19 bits per heavy atom. The predicted molar refractivity (Wildman–Crippen MR) is 72.9 cm³/mol. The van der Waals surface area contributed by atoms with E-state index in [1.807, 2.05) is 6.07 Å². The highest BCUT2D eigenvalue weighted by Crippen LogP contribution is 2.35. The molecule has 0 heterocycles. The van der Waals surface area contributed by atoms with Crippen LogP contribution in [0.2, 0.25) is 5.02 Å². The summed E-state index contributed by atoms with van der Waals surface area (Å²) < 4.78 is 0.979. The van der Waals surface area contributed by atoms with Crippen LogP contribution in [0, 0.1) is 0 Å². The molecule has 16 heavy (non-hydrogen) atoms. The van der Waals surface area contributed by atoms with E-state index in [0.717, 1.165) is 16.0 Å². The van der Waals surface area contributed by atoms with Gasteiger partial charge in [-0.3, -0.25) is 0 Å². The van der Waals surface area contributed by atoms with Crippen molar-refractivity contribution in [1.82, 2.24) is 5.32 Å². The number of halogens is 2.